The molecule has 0 atom stereocenters. The Balaban J connectivity index is 0. The molecule has 58 valence electrons. The van der Waals surface area contributed by atoms with Gasteiger partial charge in [-0.25, -0.2) is 0 Å². The first-order chi connectivity index (χ1) is 3.77. The van der Waals surface area contributed by atoms with Gasteiger partial charge in [0.25, 0.3) is 0 Å². The lowest BCUT2D eigenvalue weighted by Crippen LogP contribution is -1.88. The number of rotatable bonds is 4. The Morgan fingerprint density at radius 1 is 1.33 bits per heavy atom. The van der Waals surface area contributed by atoms with Crippen LogP contribution in [0.1, 0.15) is 26.7 Å². The fourth-order valence-electron chi connectivity index (χ4n) is 0.803. The predicted octanol–water partition coefficient (Wildman–Crippen LogP) is 2.21. The predicted molar refractivity (Wildman–Crippen MR) is 45.8 cm³/mol. The van der Waals surface area contributed by atoms with Gasteiger partial charge >= 0.3 is 0 Å². The Labute approximate surface area is 60.2 Å². The van der Waals surface area contributed by atoms with Gasteiger partial charge in [-0.3, -0.25) is 4.70 Å². The summed E-state index contributed by atoms with van der Waals surface area (Å²) < 4.78 is 0. The van der Waals surface area contributed by atoms with Gasteiger partial charge in [-0.2, -0.15) is 0 Å². The normalized spacial score (nSPS) is 10.7. The molecule has 0 radical (unpaired) electrons. The third-order valence-electron chi connectivity index (χ3n) is 1.39. The summed E-state index contributed by atoms with van der Waals surface area (Å²) in [4.78, 5) is 0. The molecule has 0 aromatic carbocycles. The van der Waals surface area contributed by atoms with Gasteiger partial charge in [0.15, 0.2) is 0 Å². The van der Waals surface area contributed by atoms with Crippen LogP contribution in [0.4, 0.5) is 4.70 Å². The SMILES string of the molecule is C[SiH2]CCCC(C)C.F. The van der Waals surface area contributed by atoms with Gasteiger partial charge < -0.3 is 0 Å². The molecule has 0 saturated carbocycles. The molecule has 0 fully saturated rings. The number of hydrogen-bond acceptors (Lipinski definition) is 0. The molecular formula is C7H19FSi. The van der Waals surface area contributed by atoms with E-state index in [4.69, 9.17) is 0 Å². The molecule has 0 heterocycles. The highest BCUT2D eigenvalue weighted by molar-refractivity contribution is 6.33. The maximum atomic E-state index is 2.39. The molecular weight excluding hydrogens is 131 g/mol. The smallest absolute Gasteiger partial charge is 0.0166 e. The highest BCUT2D eigenvalue weighted by Crippen LogP contribution is 2.05. The second-order valence-electron chi connectivity index (χ2n) is 2.89. The molecule has 0 aromatic heterocycles. The van der Waals surface area contributed by atoms with Gasteiger partial charge in [-0.05, 0) is 5.92 Å². The largest absolute Gasteiger partial charge is 0.269 e. The first-order valence-corrected chi connectivity index (χ1v) is 6.18. The van der Waals surface area contributed by atoms with Gasteiger partial charge in [0.2, 0.25) is 0 Å². The Morgan fingerprint density at radius 3 is 2.22 bits per heavy atom. The van der Waals surface area contributed by atoms with Crippen LogP contribution < -0.4 is 0 Å². The molecule has 9 heavy (non-hydrogen) atoms. The lowest BCUT2D eigenvalue weighted by molar-refractivity contribution is 0.575. The van der Waals surface area contributed by atoms with Crippen LogP contribution >= 0.6 is 0 Å². The van der Waals surface area contributed by atoms with Crippen LogP contribution in [-0.4, -0.2) is 9.52 Å². The zero-order valence-electron chi connectivity index (χ0n) is 6.81. The van der Waals surface area contributed by atoms with Crippen LogP contribution in [0.25, 0.3) is 0 Å². The van der Waals surface area contributed by atoms with Crippen LogP contribution in [0.5, 0.6) is 0 Å². The van der Waals surface area contributed by atoms with Crippen LogP contribution in [-0.2, 0) is 0 Å². The van der Waals surface area contributed by atoms with Gasteiger partial charge in [-0.1, -0.05) is 39.3 Å². The second kappa shape index (κ2) is 8.15. The first kappa shape index (κ1) is 11.9. The zero-order valence-corrected chi connectivity index (χ0v) is 8.23. The van der Waals surface area contributed by atoms with Crippen molar-refractivity contribution in [2.45, 2.75) is 39.3 Å². The molecule has 0 nitrogen and oxygen atoms in total. The van der Waals surface area contributed by atoms with Gasteiger partial charge in [0.1, 0.15) is 0 Å². The monoisotopic (exact) mass is 150 g/mol. The lowest BCUT2D eigenvalue weighted by atomic mass is 10.1. The van der Waals surface area contributed by atoms with E-state index in [1.54, 1.807) is 6.04 Å². The van der Waals surface area contributed by atoms with Crippen molar-refractivity contribution in [3.05, 3.63) is 0 Å². The summed E-state index contributed by atoms with van der Waals surface area (Å²) in [5, 5.41) is 0. The quantitative estimate of drug-likeness (QED) is 0.426. The summed E-state index contributed by atoms with van der Waals surface area (Å²) in [5.41, 5.74) is 0. The molecule has 0 aromatic rings. The third kappa shape index (κ3) is 11.6. The van der Waals surface area contributed by atoms with E-state index >= 15 is 0 Å². The topological polar surface area (TPSA) is 0 Å². The third-order valence-corrected chi connectivity index (χ3v) is 2.59. The Morgan fingerprint density at radius 2 is 1.89 bits per heavy atom. The Bertz CT molecular complexity index is 46.2. The second-order valence-corrected chi connectivity index (χ2v) is 4.60. The summed E-state index contributed by atoms with van der Waals surface area (Å²) in [5.74, 6) is 0.926. The van der Waals surface area contributed by atoms with Crippen LogP contribution in [0.2, 0.25) is 12.6 Å². The minimum Gasteiger partial charge on any atom is -0.269 e. The van der Waals surface area contributed by atoms with Crippen molar-refractivity contribution < 1.29 is 4.70 Å². The molecule has 0 saturated heterocycles. The van der Waals surface area contributed by atoms with Crippen LogP contribution in [0, 0.1) is 5.92 Å². The van der Waals surface area contributed by atoms with Gasteiger partial charge in [-0.15, -0.1) is 0 Å². The van der Waals surface area contributed by atoms with Crippen LogP contribution in [0.3, 0.4) is 0 Å². The molecule has 2 heteroatoms. The average Bonchev–Trinajstić information content (AvgIpc) is 1.66. The summed E-state index contributed by atoms with van der Waals surface area (Å²) in [7, 11) is 0.371. The van der Waals surface area contributed by atoms with Crippen molar-refractivity contribution in [2.75, 3.05) is 0 Å². The molecule has 0 aliphatic heterocycles. The van der Waals surface area contributed by atoms with Crippen molar-refractivity contribution in [3.8, 4) is 0 Å². The standard InChI is InChI=1S/C7H18Si.FH/c1-7(2)5-4-6-8-3;/h7H,4-6,8H2,1-3H3;1H. The molecule has 0 amide bonds. The highest BCUT2D eigenvalue weighted by Gasteiger charge is 1.90. The van der Waals surface area contributed by atoms with E-state index in [0.29, 0.717) is 9.52 Å². The molecule has 0 bridgehead atoms. The highest BCUT2D eigenvalue weighted by atomic mass is 28.2. The Kier molecular flexibility index (Phi) is 10.8. The number of halogens is 1. The van der Waals surface area contributed by atoms with Crippen LogP contribution in [0.15, 0.2) is 0 Å². The minimum absolute atomic E-state index is 0. The maximum Gasteiger partial charge on any atom is 0.0166 e. The summed E-state index contributed by atoms with van der Waals surface area (Å²) in [6.07, 6.45) is 2.93. The molecule has 0 N–H and O–H groups in total. The lowest BCUT2D eigenvalue weighted by Gasteiger charge is -2.00. The van der Waals surface area contributed by atoms with E-state index in [2.05, 4.69) is 20.4 Å². The van der Waals surface area contributed by atoms with E-state index in [0.717, 1.165) is 5.92 Å². The summed E-state index contributed by atoms with van der Waals surface area (Å²) >= 11 is 0. The van der Waals surface area contributed by atoms with Crippen molar-refractivity contribution in [2.24, 2.45) is 5.92 Å². The molecule has 0 rings (SSSR count). The van der Waals surface area contributed by atoms with E-state index < -0.39 is 0 Å². The number of hydrogen-bond donors (Lipinski definition) is 0. The van der Waals surface area contributed by atoms with Crippen molar-refractivity contribution in [1.29, 1.82) is 0 Å². The molecule has 0 spiro atoms. The van der Waals surface area contributed by atoms with E-state index in [1.165, 1.54) is 12.8 Å². The molecule has 0 aliphatic carbocycles. The summed E-state index contributed by atoms with van der Waals surface area (Å²) in [6.45, 7) is 6.99. The first-order valence-electron chi connectivity index (χ1n) is 3.77. The van der Waals surface area contributed by atoms with E-state index in [1.807, 2.05) is 0 Å². The van der Waals surface area contributed by atoms with Gasteiger partial charge in [0.05, 0.1) is 0 Å². The molecule has 0 aliphatic rings. The minimum atomic E-state index is 0. The zero-order chi connectivity index (χ0) is 6.41. The summed E-state index contributed by atoms with van der Waals surface area (Å²) in [6, 6.07) is 1.55. The average molecular weight is 150 g/mol. The fraction of sp³-hybridized carbons (Fsp3) is 1.00. The van der Waals surface area contributed by atoms with Crippen molar-refractivity contribution in [3.63, 3.8) is 0 Å². The fourth-order valence-corrected chi connectivity index (χ4v) is 1.59. The molecule has 0 unspecified atom stereocenters. The van der Waals surface area contributed by atoms with E-state index in [9.17, 15) is 0 Å². The van der Waals surface area contributed by atoms with Crippen molar-refractivity contribution >= 4 is 9.52 Å². The van der Waals surface area contributed by atoms with Gasteiger partial charge in [0, 0.05) is 9.52 Å². The van der Waals surface area contributed by atoms with E-state index in [-0.39, 0.29) is 4.70 Å². The van der Waals surface area contributed by atoms with Crippen molar-refractivity contribution in [1.82, 2.24) is 0 Å². The maximum absolute atomic E-state index is 2.39. The Hall–Kier alpha value is 0.147.